The Bertz CT molecular complexity index is 700. The molecule has 23 heavy (non-hydrogen) atoms. The molecule has 0 fully saturated rings. The highest BCUT2D eigenvalue weighted by Crippen LogP contribution is 2.26. The molecule has 0 aliphatic carbocycles. The number of benzene rings is 2. The third-order valence-electron chi connectivity index (χ3n) is 3.67. The van der Waals surface area contributed by atoms with Gasteiger partial charge in [-0.1, -0.05) is 24.3 Å². The van der Waals surface area contributed by atoms with Gasteiger partial charge >= 0.3 is 0 Å². The molecule has 3 nitrogen and oxygen atoms in total. The standard InChI is InChI=1S/C17H16F3NO2/c1-17(23-2,11-6-3-4-7-12(11)18)10-21-16(22)15-13(19)8-5-9-14(15)20/h3-9H,10H2,1-2H3,(H,21,22). The Morgan fingerprint density at radius 2 is 1.61 bits per heavy atom. The largest absolute Gasteiger partial charge is 0.372 e. The van der Waals surface area contributed by atoms with Crippen LogP contribution in [0.2, 0.25) is 0 Å². The van der Waals surface area contributed by atoms with Crippen molar-refractivity contribution in [2.75, 3.05) is 13.7 Å². The predicted molar refractivity (Wildman–Crippen MR) is 79.5 cm³/mol. The summed E-state index contributed by atoms with van der Waals surface area (Å²) in [5.41, 5.74) is -1.63. The van der Waals surface area contributed by atoms with Gasteiger partial charge in [0.1, 0.15) is 28.6 Å². The molecule has 1 atom stereocenters. The topological polar surface area (TPSA) is 38.3 Å². The van der Waals surface area contributed by atoms with Crippen molar-refractivity contribution >= 4 is 5.91 Å². The number of carbonyl (C=O) groups is 1. The second-order valence-corrected chi connectivity index (χ2v) is 5.19. The van der Waals surface area contributed by atoms with E-state index in [1.807, 2.05) is 0 Å². The molecule has 0 heterocycles. The summed E-state index contributed by atoms with van der Waals surface area (Å²) in [4.78, 5) is 12.0. The Morgan fingerprint density at radius 3 is 2.17 bits per heavy atom. The van der Waals surface area contributed by atoms with Gasteiger partial charge in [-0.25, -0.2) is 13.2 Å². The summed E-state index contributed by atoms with van der Waals surface area (Å²) in [7, 11) is 1.36. The average molecular weight is 323 g/mol. The van der Waals surface area contributed by atoms with Crippen molar-refractivity contribution in [2.45, 2.75) is 12.5 Å². The molecular formula is C17H16F3NO2. The first-order chi connectivity index (χ1) is 10.9. The molecule has 1 N–H and O–H groups in total. The quantitative estimate of drug-likeness (QED) is 0.916. The Balaban J connectivity index is 2.21. The highest BCUT2D eigenvalue weighted by molar-refractivity contribution is 5.94. The number of ether oxygens (including phenoxy) is 1. The first-order valence-corrected chi connectivity index (χ1v) is 6.91. The number of nitrogens with one attached hydrogen (secondary N) is 1. The van der Waals surface area contributed by atoms with E-state index in [1.54, 1.807) is 13.0 Å². The molecule has 0 aromatic heterocycles. The maximum atomic E-state index is 13.9. The van der Waals surface area contributed by atoms with E-state index in [2.05, 4.69) is 5.32 Å². The van der Waals surface area contributed by atoms with Crippen molar-refractivity contribution in [3.8, 4) is 0 Å². The zero-order valence-electron chi connectivity index (χ0n) is 12.7. The fourth-order valence-corrected chi connectivity index (χ4v) is 2.22. The average Bonchev–Trinajstić information content (AvgIpc) is 2.53. The van der Waals surface area contributed by atoms with Gasteiger partial charge in [0, 0.05) is 12.7 Å². The van der Waals surface area contributed by atoms with Gasteiger partial charge in [0.15, 0.2) is 0 Å². The van der Waals surface area contributed by atoms with E-state index in [0.717, 1.165) is 12.1 Å². The first-order valence-electron chi connectivity index (χ1n) is 6.91. The summed E-state index contributed by atoms with van der Waals surface area (Å²) in [6, 6.07) is 9.10. The van der Waals surface area contributed by atoms with Gasteiger partial charge in [0.25, 0.3) is 5.91 Å². The summed E-state index contributed by atoms with van der Waals surface area (Å²) in [5.74, 6) is -3.36. The smallest absolute Gasteiger partial charge is 0.257 e. The lowest BCUT2D eigenvalue weighted by atomic mass is 9.95. The van der Waals surface area contributed by atoms with Crippen LogP contribution in [0.1, 0.15) is 22.8 Å². The van der Waals surface area contributed by atoms with E-state index in [0.29, 0.717) is 0 Å². The molecule has 0 aliphatic heterocycles. The van der Waals surface area contributed by atoms with Gasteiger partial charge in [-0.05, 0) is 25.1 Å². The number of amides is 1. The molecule has 1 amide bonds. The summed E-state index contributed by atoms with van der Waals surface area (Å²) in [5, 5.41) is 2.39. The van der Waals surface area contributed by atoms with Crippen molar-refractivity contribution in [3.63, 3.8) is 0 Å². The minimum atomic E-state index is -1.18. The zero-order chi connectivity index (χ0) is 17.0. The second-order valence-electron chi connectivity index (χ2n) is 5.19. The zero-order valence-corrected chi connectivity index (χ0v) is 12.7. The molecule has 0 radical (unpaired) electrons. The maximum absolute atomic E-state index is 13.9. The fourth-order valence-electron chi connectivity index (χ4n) is 2.22. The summed E-state index contributed by atoms with van der Waals surface area (Å²) in [6.45, 7) is 1.42. The van der Waals surface area contributed by atoms with Crippen LogP contribution in [0.25, 0.3) is 0 Å². The van der Waals surface area contributed by atoms with E-state index in [9.17, 15) is 18.0 Å². The molecule has 122 valence electrons. The van der Waals surface area contributed by atoms with E-state index >= 15 is 0 Å². The SMILES string of the molecule is COC(C)(CNC(=O)c1c(F)cccc1F)c1ccccc1F. The van der Waals surface area contributed by atoms with Crippen LogP contribution in [0.5, 0.6) is 0 Å². The normalized spacial score (nSPS) is 13.4. The van der Waals surface area contributed by atoms with Crippen LogP contribution >= 0.6 is 0 Å². The van der Waals surface area contributed by atoms with Crippen LogP contribution in [0.4, 0.5) is 13.2 Å². The highest BCUT2D eigenvalue weighted by Gasteiger charge is 2.30. The van der Waals surface area contributed by atoms with Gasteiger partial charge in [-0.15, -0.1) is 0 Å². The number of hydrogen-bond acceptors (Lipinski definition) is 2. The lowest BCUT2D eigenvalue weighted by Gasteiger charge is -2.29. The molecule has 0 saturated heterocycles. The predicted octanol–water partition coefficient (Wildman–Crippen LogP) is 3.40. The maximum Gasteiger partial charge on any atom is 0.257 e. The molecule has 2 aromatic rings. The van der Waals surface area contributed by atoms with E-state index in [-0.39, 0.29) is 12.1 Å². The van der Waals surface area contributed by atoms with Crippen LogP contribution in [0.15, 0.2) is 42.5 Å². The van der Waals surface area contributed by atoms with Crippen LogP contribution < -0.4 is 5.32 Å². The third kappa shape index (κ3) is 3.53. The Labute approximate surface area is 132 Å². The Hall–Kier alpha value is -2.34. The fraction of sp³-hybridized carbons (Fsp3) is 0.235. The lowest BCUT2D eigenvalue weighted by Crippen LogP contribution is -2.41. The summed E-state index contributed by atoms with van der Waals surface area (Å²) < 4.78 is 46.4. The summed E-state index contributed by atoms with van der Waals surface area (Å²) in [6.07, 6.45) is 0. The highest BCUT2D eigenvalue weighted by atomic mass is 19.1. The number of rotatable bonds is 5. The van der Waals surface area contributed by atoms with Crippen molar-refractivity contribution in [3.05, 3.63) is 71.0 Å². The third-order valence-corrected chi connectivity index (χ3v) is 3.67. The minimum Gasteiger partial charge on any atom is -0.372 e. The van der Waals surface area contributed by atoms with Gasteiger partial charge in [0.2, 0.25) is 0 Å². The molecule has 0 saturated carbocycles. The monoisotopic (exact) mass is 323 g/mol. The minimum absolute atomic E-state index is 0.156. The molecule has 0 spiro atoms. The molecule has 6 heteroatoms. The molecule has 0 aliphatic rings. The molecule has 2 rings (SSSR count). The van der Waals surface area contributed by atoms with Crippen LogP contribution in [0.3, 0.4) is 0 Å². The van der Waals surface area contributed by atoms with Gasteiger partial charge < -0.3 is 10.1 Å². The lowest BCUT2D eigenvalue weighted by molar-refractivity contribution is 0.000316. The summed E-state index contributed by atoms with van der Waals surface area (Å²) >= 11 is 0. The van der Waals surface area contributed by atoms with Gasteiger partial charge in [0.05, 0.1) is 6.54 Å². The first kappa shape index (κ1) is 17.0. The van der Waals surface area contributed by atoms with Gasteiger partial charge in [-0.2, -0.15) is 0 Å². The molecule has 0 bridgehead atoms. The van der Waals surface area contributed by atoms with Crippen molar-refractivity contribution in [1.29, 1.82) is 0 Å². The van der Waals surface area contributed by atoms with Crippen molar-refractivity contribution < 1.29 is 22.7 Å². The van der Waals surface area contributed by atoms with Crippen LogP contribution in [-0.4, -0.2) is 19.6 Å². The van der Waals surface area contributed by atoms with Crippen LogP contribution in [0, 0.1) is 17.5 Å². The number of carbonyl (C=O) groups excluding carboxylic acids is 1. The van der Waals surface area contributed by atoms with Gasteiger partial charge in [-0.3, -0.25) is 4.79 Å². The van der Waals surface area contributed by atoms with E-state index in [1.165, 1.54) is 31.4 Å². The number of halogens is 3. The molecule has 1 unspecified atom stereocenters. The van der Waals surface area contributed by atoms with E-state index < -0.39 is 34.5 Å². The molecule has 2 aromatic carbocycles. The molecular weight excluding hydrogens is 307 g/mol. The number of hydrogen-bond donors (Lipinski definition) is 1. The Morgan fingerprint density at radius 1 is 1.04 bits per heavy atom. The Kier molecular flexibility index (Phi) is 5.05. The van der Waals surface area contributed by atoms with Crippen LogP contribution in [-0.2, 0) is 10.3 Å². The van der Waals surface area contributed by atoms with Crippen molar-refractivity contribution in [2.24, 2.45) is 0 Å². The second kappa shape index (κ2) is 6.83. The van der Waals surface area contributed by atoms with E-state index in [4.69, 9.17) is 4.74 Å². The van der Waals surface area contributed by atoms with Crippen molar-refractivity contribution in [1.82, 2.24) is 5.32 Å². The number of methoxy groups -OCH3 is 1.